The Bertz CT molecular complexity index is 493. The van der Waals surface area contributed by atoms with E-state index in [1.165, 1.54) is 25.6 Å². The van der Waals surface area contributed by atoms with E-state index in [1.807, 2.05) is 0 Å². The Morgan fingerprint density at radius 1 is 1.28 bits per heavy atom. The largest absolute Gasteiger partial charge is 0.338 e. The highest BCUT2D eigenvalue weighted by molar-refractivity contribution is 5.39. The van der Waals surface area contributed by atoms with Crippen LogP contribution in [-0.4, -0.2) is 31.4 Å². The molecule has 0 amide bonds. The van der Waals surface area contributed by atoms with Gasteiger partial charge in [0.25, 0.3) is 0 Å². The summed E-state index contributed by atoms with van der Waals surface area (Å²) >= 11 is 0. The Kier molecular flexibility index (Phi) is 3.06. The lowest BCUT2D eigenvalue weighted by Gasteiger charge is -2.16. The van der Waals surface area contributed by atoms with Gasteiger partial charge in [0.15, 0.2) is 5.82 Å². The first kappa shape index (κ1) is 11.3. The maximum atomic E-state index is 6.18. The van der Waals surface area contributed by atoms with Crippen LogP contribution < -0.4 is 5.73 Å². The molecule has 0 spiro atoms. The lowest BCUT2D eigenvalue weighted by Crippen LogP contribution is -2.27. The predicted molar refractivity (Wildman–Crippen MR) is 63.5 cm³/mol. The molecule has 96 valence electrons. The van der Waals surface area contributed by atoms with Crippen molar-refractivity contribution in [3.05, 3.63) is 12.2 Å². The molecule has 0 aliphatic heterocycles. The van der Waals surface area contributed by atoms with Gasteiger partial charge >= 0.3 is 0 Å². The van der Waals surface area contributed by atoms with Gasteiger partial charge in [-0.2, -0.15) is 10.1 Å². The average Bonchev–Trinajstić information content (AvgIpc) is 3.00. The third-order valence-electron chi connectivity index (χ3n) is 3.46. The molecular weight excluding hydrogens is 232 g/mol. The molecule has 3 N–H and O–H groups in total. The van der Waals surface area contributed by atoms with Gasteiger partial charge in [-0.3, -0.25) is 5.10 Å². The van der Waals surface area contributed by atoms with Crippen LogP contribution in [0.2, 0.25) is 0 Å². The van der Waals surface area contributed by atoms with Gasteiger partial charge in [0.1, 0.15) is 6.33 Å². The van der Waals surface area contributed by atoms with Crippen molar-refractivity contribution in [3.63, 3.8) is 0 Å². The smallest absolute Gasteiger partial charge is 0.239 e. The molecule has 0 aromatic carbocycles. The first-order chi connectivity index (χ1) is 8.84. The molecule has 7 nitrogen and oxygen atoms in total. The first-order valence-corrected chi connectivity index (χ1v) is 6.29. The highest BCUT2D eigenvalue weighted by atomic mass is 16.5. The first-order valence-electron chi connectivity index (χ1n) is 6.29. The van der Waals surface area contributed by atoms with Crippen LogP contribution in [0.15, 0.2) is 10.9 Å². The second kappa shape index (κ2) is 4.85. The fourth-order valence-corrected chi connectivity index (χ4v) is 2.44. The van der Waals surface area contributed by atoms with Gasteiger partial charge in [-0.15, -0.1) is 0 Å². The highest BCUT2D eigenvalue weighted by Gasteiger charge is 2.27. The van der Waals surface area contributed by atoms with Crippen molar-refractivity contribution in [2.75, 3.05) is 0 Å². The molecule has 2 aromatic rings. The van der Waals surface area contributed by atoms with Crippen LogP contribution >= 0.6 is 0 Å². The molecular formula is C11H16N6O. The van der Waals surface area contributed by atoms with Gasteiger partial charge in [0, 0.05) is 6.04 Å². The molecule has 3 rings (SSSR count). The second-order valence-electron chi connectivity index (χ2n) is 4.70. The zero-order valence-electron chi connectivity index (χ0n) is 10.0. The monoisotopic (exact) mass is 248 g/mol. The summed E-state index contributed by atoms with van der Waals surface area (Å²) in [6.45, 7) is 0. The third kappa shape index (κ3) is 2.13. The summed E-state index contributed by atoms with van der Waals surface area (Å²) in [7, 11) is 0. The van der Waals surface area contributed by atoms with Crippen LogP contribution in [0.1, 0.15) is 43.9 Å². The van der Waals surface area contributed by atoms with Gasteiger partial charge in [0.05, 0.1) is 5.92 Å². The number of H-pyrrole nitrogens is 1. The minimum atomic E-state index is 0.107. The van der Waals surface area contributed by atoms with Crippen molar-refractivity contribution in [1.29, 1.82) is 0 Å². The lowest BCUT2D eigenvalue weighted by atomic mass is 9.95. The van der Waals surface area contributed by atoms with Gasteiger partial charge in [-0.1, -0.05) is 24.4 Å². The number of rotatable bonds is 2. The van der Waals surface area contributed by atoms with Crippen LogP contribution in [0.25, 0.3) is 11.6 Å². The van der Waals surface area contributed by atoms with Crippen molar-refractivity contribution in [2.45, 2.75) is 44.1 Å². The minimum absolute atomic E-state index is 0.107. The van der Waals surface area contributed by atoms with Gasteiger partial charge < -0.3 is 10.3 Å². The van der Waals surface area contributed by atoms with Crippen molar-refractivity contribution < 1.29 is 4.52 Å². The quantitative estimate of drug-likeness (QED) is 0.774. The van der Waals surface area contributed by atoms with E-state index in [1.54, 1.807) is 0 Å². The summed E-state index contributed by atoms with van der Waals surface area (Å²) < 4.78 is 5.32. The Labute approximate surface area is 104 Å². The SMILES string of the molecule is NC1CCCCCC1c1nc(-c2ncn[nH]2)no1. The Hall–Kier alpha value is -1.76. The molecule has 2 atom stereocenters. The molecule has 1 aliphatic carbocycles. The number of hydrogen-bond donors (Lipinski definition) is 2. The summed E-state index contributed by atoms with van der Waals surface area (Å²) in [5.74, 6) is 1.75. The molecule has 0 radical (unpaired) electrons. The molecule has 0 saturated heterocycles. The van der Waals surface area contributed by atoms with Gasteiger partial charge in [-0.25, -0.2) is 4.98 Å². The van der Waals surface area contributed by atoms with E-state index in [9.17, 15) is 0 Å². The van der Waals surface area contributed by atoms with E-state index in [-0.39, 0.29) is 12.0 Å². The van der Waals surface area contributed by atoms with E-state index in [0.717, 1.165) is 12.8 Å². The minimum Gasteiger partial charge on any atom is -0.338 e. The van der Waals surface area contributed by atoms with Crippen LogP contribution in [0.5, 0.6) is 0 Å². The standard InChI is InChI=1S/C11H16N6O/c12-8-5-3-1-2-4-7(8)11-15-10(17-18-11)9-13-6-14-16-9/h6-8H,1-5,12H2,(H,13,14,16). The summed E-state index contributed by atoms with van der Waals surface area (Å²) in [4.78, 5) is 8.38. The zero-order valence-corrected chi connectivity index (χ0v) is 10.0. The van der Waals surface area contributed by atoms with Gasteiger partial charge in [0.2, 0.25) is 11.7 Å². The number of nitrogens with two attached hydrogens (primary N) is 1. The third-order valence-corrected chi connectivity index (χ3v) is 3.46. The Morgan fingerprint density at radius 2 is 2.17 bits per heavy atom. The molecule has 18 heavy (non-hydrogen) atoms. The van der Waals surface area contributed by atoms with E-state index < -0.39 is 0 Å². The van der Waals surface area contributed by atoms with E-state index >= 15 is 0 Å². The molecule has 1 fully saturated rings. The van der Waals surface area contributed by atoms with Crippen LogP contribution in [-0.2, 0) is 0 Å². The fourth-order valence-electron chi connectivity index (χ4n) is 2.44. The van der Waals surface area contributed by atoms with E-state index in [0.29, 0.717) is 17.5 Å². The average molecular weight is 248 g/mol. The second-order valence-corrected chi connectivity index (χ2v) is 4.70. The Morgan fingerprint density at radius 3 is 3.00 bits per heavy atom. The van der Waals surface area contributed by atoms with Gasteiger partial charge in [-0.05, 0) is 12.8 Å². The summed E-state index contributed by atoms with van der Waals surface area (Å²) in [5, 5.41) is 10.4. The molecule has 2 unspecified atom stereocenters. The number of aromatic amines is 1. The predicted octanol–water partition coefficient (Wildman–Crippen LogP) is 1.23. The van der Waals surface area contributed by atoms with Crippen LogP contribution in [0.4, 0.5) is 0 Å². The number of nitrogens with zero attached hydrogens (tertiary/aromatic N) is 4. The molecule has 7 heteroatoms. The normalized spacial score (nSPS) is 24.9. The van der Waals surface area contributed by atoms with Crippen molar-refractivity contribution in [2.24, 2.45) is 5.73 Å². The summed E-state index contributed by atoms with van der Waals surface area (Å²) in [6.07, 6.45) is 7.03. The Balaban J connectivity index is 1.83. The summed E-state index contributed by atoms with van der Waals surface area (Å²) in [5.41, 5.74) is 6.18. The maximum Gasteiger partial charge on any atom is 0.239 e. The lowest BCUT2D eigenvalue weighted by molar-refractivity contribution is 0.326. The number of nitrogens with one attached hydrogen (secondary N) is 1. The van der Waals surface area contributed by atoms with E-state index in [2.05, 4.69) is 25.3 Å². The number of aromatic nitrogens is 5. The topological polar surface area (TPSA) is 107 Å². The van der Waals surface area contributed by atoms with Crippen molar-refractivity contribution in [3.8, 4) is 11.6 Å². The number of hydrogen-bond acceptors (Lipinski definition) is 6. The molecule has 0 bridgehead atoms. The van der Waals surface area contributed by atoms with Crippen LogP contribution in [0, 0.1) is 0 Å². The van der Waals surface area contributed by atoms with Crippen molar-refractivity contribution >= 4 is 0 Å². The fraction of sp³-hybridized carbons (Fsp3) is 0.636. The molecule has 1 aliphatic rings. The molecule has 2 aromatic heterocycles. The van der Waals surface area contributed by atoms with E-state index in [4.69, 9.17) is 10.3 Å². The summed E-state index contributed by atoms with van der Waals surface area (Å²) in [6, 6.07) is 0.107. The molecule has 2 heterocycles. The van der Waals surface area contributed by atoms with Crippen molar-refractivity contribution in [1.82, 2.24) is 25.3 Å². The maximum absolute atomic E-state index is 6.18. The zero-order chi connectivity index (χ0) is 12.4. The molecule has 1 saturated carbocycles. The highest BCUT2D eigenvalue weighted by Crippen LogP contribution is 2.30. The van der Waals surface area contributed by atoms with Crippen LogP contribution in [0.3, 0.4) is 0 Å².